The summed E-state index contributed by atoms with van der Waals surface area (Å²) in [7, 11) is 0. The van der Waals surface area contributed by atoms with Crippen molar-refractivity contribution in [2.45, 2.75) is 39.6 Å². The van der Waals surface area contributed by atoms with Crippen molar-refractivity contribution in [1.82, 2.24) is 0 Å². The van der Waals surface area contributed by atoms with Crippen LogP contribution in [0.25, 0.3) is 0 Å². The van der Waals surface area contributed by atoms with Gasteiger partial charge >= 0.3 is 0 Å². The van der Waals surface area contributed by atoms with E-state index in [0.29, 0.717) is 6.61 Å². The first-order valence-electron chi connectivity index (χ1n) is 5.54. The van der Waals surface area contributed by atoms with E-state index in [1.54, 1.807) is 0 Å². The van der Waals surface area contributed by atoms with E-state index in [9.17, 15) is 5.11 Å². The van der Waals surface area contributed by atoms with Crippen LogP contribution in [0.4, 0.5) is 0 Å². The Balaban J connectivity index is 2.60. The Hall–Kier alpha value is -0.160. The molecule has 3 atom stereocenters. The van der Waals surface area contributed by atoms with Gasteiger partial charge in [0.25, 0.3) is 0 Å². The average Bonchev–Trinajstić information content (AvgIpc) is 2.28. The number of hydrogen-bond donors (Lipinski definition) is 2. The third kappa shape index (κ3) is 2.91. The van der Waals surface area contributed by atoms with Crippen LogP contribution in [0, 0.1) is 11.3 Å². The van der Waals surface area contributed by atoms with Crippen molar-refractivity contribution in [3.05, 3.63) is 0 Å². The zero-order valence-corrected chi connectivity index (χ0v) is 9.77. The predicted octanol–water partition coefficient (Wildman–Crippen LogP) is 0.765. The van der Waals surface area contributed by atoms with E-state index >= 15 is 0 Å². The molecule has 0 spiro atoms. The maximum Gasteiger partial charge on any atom is 0.165 e. The average molecular weight is 218 g/mol. The third-order valence-corrected chi connectivity index (χ3v) is 2.97. The molecule has 4 nitrogen and oxygen atoms in total. The van der Waals surface area contributed by atoms with Gasteiger partial charge in [-0.25, -0.2) is 0 Å². The molecule has 0 amide bonds. The van der Waals surface area contributed by atoms with Crippen LogP contribution in [-0.4, -0.2) is 42.4 Å². The molecule has 1 aliphatic heterocycles. The zero-order chi connectivity index (χ0) is 11.5. The molecule has 0 radical (unpaired) electrons. The van der Waals surface area contributed by atoms with Crippen LogP contribution in [-0.2, 0) is 9.47 Å². The van der Waals surface area contributed by atoms with Gasteiger partial charge in [-0.15, -0.1) is 0 Å². The van der Waals surface area contributed by atoms with Crippen LogP contribution >= 0.6 is 0 Å². The molecule has 2 N–H and O–H groups in total. The Labute approximate surface area is 91.2 Å². The van der Waals surface area contributed by atoms with Crippen molar-refractivity contribution in [3.8, 4) is 0 Å². The van der Waals surface area contributed by atoms with Crippen molar-refractivity contribution in [1.29, 1.82) is 0 Å². The van der Waals surface area contributed by atoms with Gasteiger partial charge in [-0.2, -0.15) is 0 Å². The minimum Gasteiger partial charge on any atom is -0.396 e. The molecule has 0 aromatic rings. The maximum atomic E-state index is 9.22. The monoisotopic (exact) mass is 218 g/mol. The summed E-state index contributed by atoms with van der Waals surface area (Å²) in [5.74, 6) is 0.0562. The first-order valence-corrected chi connectivity index (χ1v) is 5.54. The molecule has 1 saturated heterocycles. The second-order valence-electron chi connectivity index (χ2n) is 4.84. The molecule has 1 heterocycles. The lowest BCUT2D eigenvalue weighted by Gasteiger charge is -2.41. The highest BCUT2D eigenvalue weighted by Crippen LogP contribution is 2.31. The summed E-state index contributed by atoms with van der Waals surface area (Å²) in [4.78, 5) is 0. The van der Waals surface area contributed by atoms with E-state index in [1.165, 1.54) is 0 Å². The predicted molar refractivity (Wildman–Crippen MR) is 56.3 cm³/mol. The summed E-state index contributed by atoms with van der Waals surface area (Å²) < 4.78 is 11.3. The van der Waals surface area contributed by atoms with Gasteiger partial charge in [0.15, 0.2) is 6.29 Å². The minimum atomic E-state index is -0.395. The molecule has 0 bridgehead atoms. The van der Waals surface area contributed by atoms with Crippen molar-refractivity contribution in [2.75, 3.05) is 19.8 Å². The third-order valence-electron chi connectivity index (χ3n) is 2.97. The van der Waals surface area contributed by atoms with Gasteiger partial charge in [0.05, 0.1) is 25.9 Å². The molecule has 4 heteroatoms. The number of rotatable bonds is 4. The molecule has 15 heavy (non-hydrogen) atoms. The van der Waals surface area contributed by atoms with Gasteiger partial charge in [0.2, 0.25) is 0 Å². The molecular formula is C11H22O4. The van der Waals surface area contributed by atoms with Gasteiger partial charge < -0.3 is 19.7 Å². The number of ether oxygens (including phenoxy) is 2. The Bertz CT molecular complexity index is 193. The van der Waals surface area contributed by atoms with Crippen LogP contribution in [0.1, 0.15) is 27.2 Å². The Kier molecular flexibility index (Phi) is 4.52. The topological polar surface area (TPSA) is 58.9 Å². The summed E-state index contributed by atoms with van der Waals surface area (Å²) >= 11 is 0. The highest BCUT2D eigenvalue weighted by atomic mass is 16.7. The maximum absolute atomic E-state index is 9.22. The smallest absolute Gasteiger partial charge is 0.165 e. The summed E-state index contributed by atoms with van der Waals surface area (Å²) in [5.41, 5.74) is -0.395. The fourth-order valence-corrected chi connectivity index (χ4v) is 1.71. The lowest BCUT2D eigenvalue weighted by Crippen LogP contribution is -2.48. The van der Waals surface area contributed by atoms with E-state index in [4.69, 9.17) is 14.6 Å². The van der Waals surface area contributed by atoms with Gasteiger partial charge in [-0.05, 0) is 6.42 Å². The first kappa shape index (κ1) is 12.9. The van der Waals surface area contributed by atoms with Crippen molar-refractivity contribution < 1.29 is 19.7 Å². The molecule has 90 valence electrons. The standard InChI is InChI=1S/C11H22O4/c1-4-9-8(5-12)6-14-10(15-9)11(2,3)7-13/h8-10,12-13H,4-7H2,1-3H3. The van der Waals surface area contributed by atoms with Crippen LogP contribution in [0.5, 0.6) is 0 Å². The zero-order valence-electron chi connectivity index (χ0n) is 9.77. The summed E-state index contributed by atoms with van der Waals surface area (Å²) in [6.45, 7) is 6.46. The van der Waals surface area contributed by atoms with Crippen LogP contribution in [0.3, 0.4) is 0 Å². The minimum absolute atomic E-state index is 0.0257. The summed E-state index contributed by atoms with van der Waals surface area (Å²) in [6, 6.07) is 0. The van der Waals surface area contributed by atoms with E-state index in [-0.39, 0.29) is 31.5 Å². The van der Waals surface area contributed by atoms with Crippen LogP contribution in [0.15, 0.2) is 0 Å². The number of hydrogen-bond acceptors (Lipinski definition) is 4. The van der Waals surface area contributed by atoms with Crippen LogP contribution in [0.2, 0.25) is 0 Å². The Morgan fingerprint density at radius 2 is 2.00 bits per heavy atom. The van der Waals surface area contributed by atoms with Gasteiger partial charge in [0.1, 0.15) is 0 Å². The largest absolute Gasteiger partial charge is 0.396 e. The van der Waals surface area contributed by atoms with Crippen molar-refractivity contribution in [3.63, 3.8) is 0 Å². The van der Waals surface area contributed by atoms with E-state index < -0.39 is 5.41 Å². The second-order valence-corrected chi connectivity index (χ2v) is 4.84. The molecule has 0 saturated carbocycles. The Morgan fingerprint density at radius 3 is 2.47 bits per heavy atom. The van der Waals surface area contributed by atoms with Gasteiger partial charge in [-0.3, -0.25) is 0 Å². The van der Waals surface area contributed by atoms with Gasteiger partial charge in [-0.1, -0.05) is 20.8 Å². The van der Waals surface area contributed by atoms with Crippen LogP contribution < -0.4 is 0 Å². The summed E-state index contributed by atoms with van der Waals surface area (Å²) in [6.07, 6.45) is 0.502. The van der Waals surface area contributed by atoms with E-state index in [1.807, 2.05) is 20.8 Å². The highest BCUT2D eigenvalue weighted by Gasteiger charge is 2.38. The van der Waals surface area contributed by atoms with E-state index in [0.717, 1.165) is 6.42 Å². The fourth-order valence-electron chi connectivity index (χ4n) is 1.71. The molecule has 0 aliphatic carbocycles. The number of aliphatic hydroxyl groups is 2. The summed E-state index contributed by atoms with van der Waals surface area (Å²) in [5, 5.41) is 18.3. The molecule has 1 aliphatic rings. The molecule has 1 fully saturated rings. The quantitative estimate of drug-likeness (QED) is 0.731. The molecule has 0 aromatic heterocycles. The SMILES string of the molecule is CCC1OC(C(C)(C)CO)OCC1CO. The second kappa shape index (κ2) is 5.25. The lowest BCUT2D eigenvalue weighted by atomic mass is 9.91. The molecule has 3 unspecified atom stereocenters. The number of aliphatic hydroxyl groups excluding tert-OH is 2. The Morgan fingerprint density at radius 1 is 1.33 bits per heavy atom. The van der Waals surface area contributed by atoms with Crippen molar-refractivity contribution in [2.24, 2.45) is 11.3 Å². The first-order chi connectivity index (χ1) is 7.05. The highest BCUT2D eigenvalue weighted by molar-refractivity contribution is 4.80. The fraction of sp³-hybridized carbons (Fsp3) is 1.00. The molecule has 0 aromatic carbocycles. The molecule has 1 rings (SSSR count). The normalized spacial score (nSPS) is 33.0. The molecular weight excluding hydrogens is 196 g/mol. The van der Waals surface area contributed by atoms with Crippen molar-refractivity contribution >= 4 is 0 Å². The van der Waals surface area contributed by atoms with E-state index in [2.05, 4.69) is 0 Å². The lowest BCUT2D eigenvalue weighted by molar-refractivity contribution is -0.284. The van der Waals surface area contributed by atoms with Gasteiger partial charge in [0, 0.05) is 11.3 Å².